The van der Waals surface area contributed by atoms with Crippen molar-refractivity contribution in [2.75, 3.05) is 6.54 Å². The standard InChI is InChI=1S/C16H20N4O2.ClH/c17-9-11-5-1-2-6-13(11)19-15(21)12-10-18-14-7-3-4-8-20(14)16(12)22;/h3-4,7-8,10-11,13H,1-2,5-6,9,17H2,(H,19,21);1H. The van der Waals surface area contributed by atoms with E-state index in [4.69, 9.17) is 5.73 Å². The van der Waals surface area contributed by atoms with Crippen LogP contribution in [0.2, 0.25) is 0 Å². The van der Waals surface area contributed by atoms with E-state index in [0.717, 1.165) is 25.7 Å². The Bertz CT molecular complexity index is 746. The molecule has 7 heteroatoms. The molecule has 1 saturated carbocycles. The Labute approximate surface area is 140 Å². The van der Waals surface area contributed by atoms with Crippen LogP contribution in [0.1, 0.15) is 36.0 Å². The number of nitrogens with one attached hydrogen (secondary N) is 1. The van der Waals surface area contributed by atoms with Gasteiger partial charge in [-0.15, -0.1) is 12.4 Å². The number of amides is 1. The molecule has 0 spiro atoms. The van der Waals surface area contributed by atoms with Gasteiger partial charge in [0.05, 0.1) is 0 Å². The molecule has 23 heavy (non-hydrogen) atoms. The lowest BCUT2D eigenvalue weighted by Gasteiger charge is -2.31. The molecule has 0 aliphatic heterocycles. The molecule has 6 nitrogen and oxygen atoms in total. The molecule has 0 aromatic carbocycles. The largest absolute Gasteiger partial charge is 0.349 e. The molecule has 2 aromatic heterocycles. The van der Waals surface area contributed by atoms with Crippen molar-refractivity contribution in [2.24, 2.45) is 11.7 Å². The predicted molar refractivity (Wildman–Crippen MR) is 91.0 cm³/mol. The van der Waals surface area contributed by atoms with Crippen LogP contribution in [0.15, 0.2) is 35.4 Å². The lowest BCUT2D eigenvalue weighted by atomic mass is 9.84. The number of carbonyl (C=O) groups is 1. The minimum Gasteiger partial charge on any atom is -0.349 e. The van der Waals surface area contributed by atoms with Crippen molar-refractivity contribution in [3.05, 3.63) is 46.5 Å². The third-order valence-electron chi connectivity index (χ3n) is 4.39. The van der Waals surface area contributed by atoms with Gasteiger partial charge in [0.2, 0.25) is 0 Å². The zero-order valence-electron chi connectivity index (χ0n) is 12.8. The van der Waals surface area contributed by atoms with Gasteiger partial charge in [0.25, 0.3) is 11.5 Å². The number of nitrogens with two attached hydrogens (primary N) is 1. The molecule has 1 aliphatic rings. The first-order valence-electron chi connectivity index (χ1n) is 7.68. The third kappa shape index (κ3) is 3.54. The molecule has 3 N–H and O–H groups in total. The summed E-state index contributed by atoms with van der Waals surface area (Å²) in [5, 5.41) is 2.97. The van der Waals surface area contributed by atoms with Crippen LogP contribution in [0.3, 0.4) is 0 Å². The number of halogens is 1. The van der Waals surface area contributed by atoms with Crippen LogP contribution in [0.25, 0.3) is 5.65 Å². The van der Waals surface area contributed by atoms with E-state index in [9.17, 15) is 9.59 Å². The van der Waals surface area contributed by atoms with Gasteiger partial charge < -0.3 is 11.1 Å². The van der Waals surface area contributed by atoms with E-state index in [2.05, 4.69) is 10.3 Å². The molecule has 1 aliphatic carbocycles. The Balaban J connectivity index is 0.00000192. The number of hydrogen-bond donors (Lipinski definition) is 2. The van der Waals surface area contributed by atoms with Crippen LogP contribution < -0.4 is 16.6 Å². The molecular formula is C16H21ClN4O2. The SMILES string of the molecule is Cl.NCC1CCCCC1NC(=O)c1cnc2ccccn2c1=O. The predicted octanol–water partition coefficient (Wildman–Crippen LogP) is 1.36. The van der Waals surface area contributed by atoms with Crippen molar-refractivity contribution in [3.63, 3.8) is 0 Å². The average molecular weight is 337 g/mol. The number of pyridine rings is 1. The summed E-state index contributed by atoms with van der Waals surface area (Å²) >= 11 is 0. The summed E-state index contributed by atoms with van der Waals surface area (Å²) in [6.07, 6.45) is 7.13. The Morgan fingerprint density at radius 1 is 1.35 bits per heavy atom. The van der Waals surface area contributed by atoms with Crippen LogP contribution in [0, 0.1) is 5.92 Å². The number of carbonyl (C=O) groups excluding carboxylic acids is 1. The summed E-state index contributed by atoms with van der Waals surface area (Å²) in [6.45, 7) is 0.555. The van der Waals surface area contributed by atoms with E-state index in [-0.39, 0.29) is 41.4 Å². The summed E-state index contributed by atoms with van der Waals surface area (Å²) in [5.74, 6) is -0.0741. The van der Waals surface area contributed by atoms with Crippen LogP contribution in [0.5, 0.6) is 0 Å². The molecule has 2 aromatic rings. The van der Waals surface area contributed by atoms with E-state index in [1.165, 1.54) is 10.6 Å². The van der Waals surface area contributed by atoms with Crippen molar-refractivity contribution < 1.29 is 4.79 Å². The van der Waals surface area contributed by atoms with Gasteiger partial charge in [0.1, 0.15) is 11.2 Å². The fourth-order valence-electron chi connectivity index (χ4n) is 3.11. The van der Waals surface area contributed by atoms with Crippen molar-refractivity contribution >= 4 is 24.0 Å². The number of nitrogens with zero attached hydrogens (tertiary/aromatic N) is 2. The molecule has 0 bridgehead atoms. The van der Waals surface area contributed by atoms with Crippen LogP contribution in [-0.2, 0) is 0 Å². The van der Waals surface area contributed by atoms with Crippen molar-refractivity contribution in [1.82, 2.24) is 14.7 Å². The van der Waals surface area contributed by atoms with Gasteiger partial charge in [-0.2, -0.15) is 0 Å². The third-order valence-corrected chi connectivity index (χ3v) is 4.39. The highest BCUT2D eigenvalue weighted by molar-refractivity contribution is 5.94. The average Bonchev–Trinajstić information content (AvgIpc) is 2.56. The first kappa shape index (κ1) is 17.4. The monoisotopic (exact) mass is 336 g/mol. The van der Waals surface area contributed by atoms with Gasteiger partial charge in [-0.05, 0) is 37.4 Å². The molecule has 0 saturated heterocycles. The molecule has 2 heterocycles. The van der Waals surface area contributed by atoms with E-state index >= 15 is 0 Å². The second-order valence-electron chi connectivity index (χ2n) is 5.77. The normalized spacial score (nSPS) is 20.7. The molecule has 1 fully saturated rings. The van der Waals surface area contributed by atoms with Crippen molar-refractivity contribution in [3.8, 4) is 0 Å². The molecule has 2 unspecified atom stereocenters. The second-order valence-corrected chi connectivity index (χ2v) is 5.77. The molecule has 124 valence electrons. The van der Waals surface area contributed by atoms with Gasteiger partial charge in [-0.3, -0.25) is 14.0 Å². The Hall–Kier alpha value is -1.92. The van der Waals surface area contributed by atoms with Crippen molar-refractivity contribution in [1.29, 1.82) is 0 Å². The summed E-state index contributed by atoms with van der Waals surface area (Å²) in [5.41, 5.74) is 6.04. The summed E-state index contributed by atoms with van der Waals surface area (Å²) < 4.78 is 1.39. The number of aromatic nitrogens is 2. The van der Waals surface area contributed by atoms with Gasteiger partial charge in [-0.1, -0.05) is 18.9 Å². The maximum atomic E-state index is 12.4. The summed E-state index contributed by atoms with van der Waals surface area (Å²) in [7, 11) is 0. The zero-order chi connectivity index (χ0) is 15.5. The first-order valence-corrected chi connectivity index (χ1v) is 7.68. The topological polar surface area (TPSA) is 89.5 Å². The zero-order valence-corrected chi connectivity index (χ0v) is 13.6. The fourth-order valence-corrected chi connectivity index (χ4v) is 3.11. The van der Waals surface area contributed by atoms with Crippen LogP contribution in [0.4, 0.5) is 0 Å². The molecule has 0 radical (unpaired) electrons. The highest BCUT2D eigenvalue weighted by Crippen LogP contribution is 2.23. The maximum Gasteiger partial charge on any atom is 0.270 e. The van der Waals surface area contributed by atoms with Gasteiger partial charge >= 0.3 is 0 Å². The molecule has 3 rings (SSSR count). The Kier molecular flexibility index (Phi) is 5.74. The molecular weight excluding hydrogens is 316 g/mol. The maximum absolute atomic E-state index is 12.4. The highest BCUT2D eigenvalue weighted by Gasteiger charge is 2.26. The van der Waals surface area contributed by atoms with Crippen LogP contribution in [-0.4, -0.2) is 27.9 Å². The Morgan fingerprint density at radius 3 is 2.91 bits per heavy atom. The summed E-state index contributed by atoms with van der Waals surface area (Å²) in [4.78, 5) is 29.0. The highest BCUT2D eigenvalue weighted by atomic mass is 35.5. The van der Waals surface area contributed by atoms with E-state index in [0.29, 0.717) is 12.2 Å². The quantitative estimate of drug-likeness (QED) is 0.885. The van der Waals surface area contributed by atoms with Gasteiger partial charge in [-0.25, -0.2) is 4.98 Å². The van der Waals surface area contributed by atoms with E-state index in [1.54, 1.807) is 24.4 Å². The molecule has 1 amide bonds. The van der Waals surface area contributed by atoms with Gasteiger partial charge in [0, 0.05) is 18.4 Å². The summed E-state index contributed by atoms with van der Waals surface area (Å²) in [6, 6.07) is 5.31. The fraction of sp³-hybridized carbons (Fsp3) is 0.438. The Morgan fingerprint density at radius 2 is 2.13 bits per heavy atom. The van der Waals surface area contributed by atoms with Crippen molar-refractivity contribution in [2.45, 2.75) is 31.7 Å². The van der Waals surface area contributed by atoms with Gasteiger partial charge in [0.15, 0.2) is 0 Å². The lowest BCUT2D eigenvalue weighted by molar-refractivity contribution is 0.0906. The van der Waals surface area contributed by atoms with Crippen LogP contribution >= 0.6 is 12.4 Å². The van der Waals surface area contributed by atoms with E-state index < -0.39 is 0 Å². The minimum atomic E-state index is -0.360. The first-order chi connectivity index (χ1) is 10.7. The number of rotatable bonds is 3. The second kappa shape index (κ2) is 7.57. The molecule has 2 atom stereocenters. The van der Waals surface area contributed by atoms with E-state index in [1.807, 2.05) is 0 Å². The smallest absolute Gasteiger partial charge is 0.270 e. The lowest BCUT2D eigenvalue weighted by Crippen LogP contribution is -2.46. The number of fused-ring (bicyclic) bond motifs is 1. The minimum absolute atomic E-state index is 0. The number of hydrogen-bond acceptors (Lipinski definition) is 4.